The average molecular weight is 309 g/mol. The molecule has 1 amide bonds. The maximum Gasteiger partial charge on any atom is 0.267 e. The van der Waals surface area contributed by atoms with Crippen molar-refractivity contribution in [1.29, 1.82) is 0 Å². The highest BCUT2D eigenvalue weighted by Gasteiger charge is 2.13. The monoisotopic (exact) mass is 308 g/mol. The zero-order valence-electron chi connectivity index (χ0n) is 9.94. The first-order valence-corrected chi connectivity index (χ1v) is 7.62. The highest BCUT2D eigenvalue weighted by Crippen LogP contribution is 2.29. The van der Waals surface area contributed by atoms with Crippen molar-refractivity contribution in [3.63, 3.8) is 0 Å². The molecule has 6 heteroatoms. The van der Waals surface area contributed by atoms with Gasteiger partial charge >= 0.3 is 0 Å². The Kier molecular flexibility index (Phi) is 3.26. The van der Waals surface area contributed by atoms with E-state index in [4.69, 9.17) is 11.6 Å². The SMILES string of the molecule is Cc1ccsc1C(=O)Nc1nc2ccc(Cl)cc2s1. The molecule has 0 radical (unpaired) electrons. The quantitative estimate of drug-likeness (QED) is 0.753. The molecule has 2 heterocycles. The van der Waals surface area contributed by atoms with Crippen LogP contribution < -0.4 is 5.32 Å². The van der Waals surface area contributed by atoms with Crippen molar-refractivity contribution in [3.8, 4) is 0 Å². The van der Waals surface area contributed by atoms with E-state index in [0.29, 0.717) is 10.2 Å². The van der Waals surface area contributed by atoms with Crippen LogP contribution in [0.1, 0.15) is 15.2 Å². The van der Waals surface area contributed by atoms with Gasteiger partial charge in [-0.3, -0.25) is 10.1 Å². The fourth-order valence-corrected chi connectivity index (χ4v) is 3.67. The normalized spacial score (nSPS) is 10.8. The van der Waals surface area contributed by atoms with Crippen LogP contribution in [0.2, 0.25) is 5.02 Å². The van der Waals surface area contributed by atoms with Crippen LogP contribution in [0.5, 0.6) is 0 Å². The lowest BCUT2D eigenvalue weighted by atomic mass is 10.3. The van der Waals surface area contributed by atoms with Gasteiger partial charge in [0.15, 0.2) is 5.13 Å². The Hall–Kier alpha value is -1.43. The molecule has 0 aliphatic rings. The van der Waals surface area contributed by atoms with E-state index < -0.39 is 0 Å². The summed E-state index contributed by atoms with van der Waals surface area (Å²) in [6.45, 7) is 1.92. The molecule has 2 aromatic heterocycles. The summed E-state index contributed by atoms with van der Waals surface area (Å²) in [5.41, 5.74) is 1.82. The number of carbonyl (C=O) groups is 1. The molecule has 0 aliphatic heterocycles. The number of amides is 1. The molecule has 1 aromatic carbocycles. The number of nitrogens with one attached hydrogen (secondary N) is 1. The molecule has 3 rings (SSSR count). The lowest BCUT2D eigenvalue weighted by molar-refractivity contribution is 0.103. The lowest BCUT2D eigenvalue weighted by Crippen LogP contribution is -2.10. The van der Waals surface area contributed by atoms with Gasteiger partial charge in [-0.25, -0.2) is 4.98 Å². The van der Waals surface area contributed by atoms with Crippen molar-refractivity contribution in [2.45, 2.75) is 6.92 Å². The van der Waals surface area contributed by atoms with Crippen LogP contribution in [0.3, 0.4) is 0 Å². The first-order valence-electron chi connectivity index (χ1n) is 5.55. The summed E-state index contributed by atoms with van der Waals surface area (Å²) in [6, 6.07) is 7.41. The van der Waals surface area contributed by atoms with Crippen LogP contribution >= 0.6 is 34.3 Å². The minimum atomic E-state index is -0.113. The smallest absolute Gasteiger partial charge is 0.267 e. The van der Waals surface area contributed by atoms with Crippen molar-refractivity contribution >= 4 is 55.5 Å². The number of hydrogen-bond acceptors (Lipinski definition) is 4. The minimum Gasteiger partial charge on any atom is -0.297 e. The van der Waals surface area contributed by atoms with E-state index >= 15 is 0 Å². The van der Waals surface area contributed by atoms with Crippen LogP contribution in [0, 0.1) is 6.92 Å². The minimum absolute atomic E-state index is 0.113. The second-order valence-electron chi connectivity index (χ2n) is 4.02. The number of aryl methyl sites for hydroxylation is 1. The number of aromatic nitrogens is 1. The zero-order chi connectivity index (χ0) is 13.4. The van der Waals surface area contributed by atoms with Crippen molar-refractivity contribution < 1.29 is 4.79 Å². The number of anilines is 1. The number of nitrogens with zero attached hydrogens (tertiary/aromatic N) is 1. The number of thiophene rings is 1. The molecule has 0 saturated carbocycles. The van der Waals surface area contributed by atoms with E-state index in [0.717, 1.165) is 20.7 Å². The second-order valence-corrected chi connectivity index (χ2v) is 6.40. The first-order chi connectivity index (χ1) is 9.13. The average Bonchev–Trinajstić information content (AvgIpc) is 2.94. The summed E-state index contributed by atoms with van der Waals surface area (Å²) < 4.78 is 0.964. The summed E-state index contributed by atoms with van der Waals surface area (Å²) in [4.78, 5) is 17.2. The number of carbonyl (C=O) groups excluding carboxylic acids is 1. The Balaban J connectivity index is 1.89. The van der Waals surface area contributed by atoms with Crippen molar-refractivity contribution in [2.24, 2.45) is 0 Å². The van der Waals surface area contributed by atoms with Crippen molar-refractivity contribution in [1.82, 2.24) is 4.98 Å². The number of rotatable bonds is 2. The molecular weight excluding hydrogens is 300 g/mol. The third-order valence-electron chi connectivity index (χ3n) is 2.64. The van der Waals surface area contributed by atoms with Gasteiger partial charge in [-0.05, 0) is 42.1 Å². The first kappa shape index (κ1) is 12.6. The summed E-state index contributed by atoms with van der Waals surface area (Å²) in [7, 11) is 0. The molecule has 0 spiro atoms. The fraction of sp³-hybridized carbons (Fsp3) is 0.0769. The van der Waals surface area contributed by atoms with Crippen molar-refractivity contribution in [2.75, 3.05) is 5.32 Å². The third-order valence-corrected chi connectivity index (χ3v) is 4.82. The van der Waals surface area contributed by atoms with Gasteiger partial charge in [0.2, 0.25) is 0 Å². The zero-order valence-corrected chi connectivity index (χ0v) is 12.3. The van der Waals surface area contributed by atoms with Gasteiger partial charge in [0.1, 0.15) is 0 Å². The molecule has 0 aliphatic carbocycles. The number of thiazole rings is 1. The molecule has 19 heavy (non-hydrogen) atoms. The predicted molar refractivity (Wildman–Crippen MR) is 81.6 cm³/mol. The standard InChI is InChI=1S/C13H9ClN2OS2/c1-7-4-5-18-11(7)12(17)16-13-15-9-3-2-8(14)6-10(9)19-13/h2-6H,1H3,(H,15,16,17). The summed E-state index contributed by atoms with van der Waals surface area (Å²) in [6.07, 6.45) is 0. The van der Waals surface area contributed by atoms with Crippen LogP contribution in [0.15, 0.2) is 29.6 Å². The van der Waals surface area contributed by atoms with Crippen molar-refractivity contribution in [3.05, 3.63) is 45.1 Å². The summed E-state index contributed by atoms with van der Waals surface area (Å²) >= 11 is 8.78. The van der Waals surface area contributed by atoms with E-state index in [1.54, 1.807) is 6.07 Å². The molecule has 0 bridgehead atoms. The Morgan fingerprint density at radius 1 is 1.37 bits per heavy atom. The van der Waals surface area contributed by atoms with E-state index in [1.165, 1.54) is 22.7 Å². The Morgan fingerprint density at radius 3 is 2.95 bits per heavy atom. The van der Waals surface area contributed by atoms with Gasteiger partial charge in [-0.1, -0.05) is 22.9 Å². The van der Waals surface area contributed by atoms with Gasteiger partial charge in [0.05, 0.1) is 15.1 Å². The molecule has 0 atom stereocenters. The Bertz CT molecular complexity index is 763. The van der Waals surface area contributed by atoms with E-state index in [-0.39, 0.29) is 5.91 Å². The van der Waals surface area contributed by atoms with Gasteiger partial charge < -0.3 is 0 Å². The maximum atomic E-state index is 12.1. The largest absolute Gasteiger partial charge is 0.297 e. The molecular formula is C13H9ClN2OS2. The highest BCUT2D eigenvalue weighted by molar-refractivity contribution is 7.22. The number of fused-ring (bicyclic) bond motifs is 1. The number of benzene rings is 1. The molecule has 0 fully saturated rings. The number of halogens is 1. The maximum absolute atomic E-state index is 12.1. The lowest BCUT2D eigenvalue weighted by Gasteiger charge is -1.99. The summed E-state index contributed by atoms with van der Waals surface area (Å²) in [5, 5.41) is 6.00. The van der Waals surface area contributed by atoms with Crippen LogP contribution in [0.25, 0.3) is 10.2 Å². The number of hydrogen-bond donors (Lipinski definition) is 1. The van der Waals surface area contributed by atoms with Gasteiger partial charge in [-0.15, -0.1) is 11.3 Å². The molecule has 96 valence electrons. The highest BCUT2D eigenvalue weighted by atomic mass is 35.5. The van der Waals surface area contributed by atoms with E-state index in [9.17, 15) is 4.79 Å². The van der Waals surface area contributed by atoms with Crippen LogP contribution in [0.4, 0.5) is 5.13 Å². The molecule has 1 N–H and O–H groups in total. The van der Waals surface area contributed by atoms with Gasteiger partial charge in [0.25, 0.3) is 5.91 Å². The summed E-state index contributed by atoms with van der Waals surface area (Å²) in [5.74, 6) is -0.113. The van der Waals surface area contributed by atoms with Crippen LogP contribution in [-0.2, 0) is 0 Å². The molecule has 0 saturated heterocycles. The Labute approximate surface area is 122 Å². The Morgan fingerprint density at radius 2 is 2.21 bits per heavy atom. The van der Waals surface area contributed by atoms with Gasteiger partial charge in [0, 0.05) is 5.02 Å². The third kappa shape index (κ3) is 2.49. The van der Waals surface area contributed by atoms with Gasteiger partial charge in [-0.2, -0.15) is 0 Å². The topological polar surface area (TPSA) is 42.0 Å². The molecule has 3 nitrogen and oxygen atoms in total. The second kappa shape index (κ2) is 4.92. The molecule has 0 unspecified atom stereocenters. The predicted octanol–water partition coefficient (Wildman–Crippen LogP) is 4.57. The fourth-order valence-electron chi connectivity index (χ4n) is 1.71. The van der Waals surface area contributed by atoms with E-state index in [1.807, 2.05) is 30.5 Å². The molecule has 3 aromatic rings. The van der Waals surface area contributed by atoms with E-state index in [2.05, 4.69) is 10.3 Å². The van der Waals surface area contributed by atoms with Crippen LogP contribution in [-0.4, -0.2) is 10.9 Å².